The average Bonchev–Trinajstić information content (AvgIpc) is 2.43. The van der Waals surface area contributed by atoms with Crippen molar-refractivity contribution in [2.45, 2.75) is 0 Å². The second-order valence-corrected chi connectivity index (χ2v) is 5.27. The van der Waals surface area contributed by atoms with Crippen molar-refractivity contribution in [1.29, 1.82) is 0 Å². The normalized spacial score (nSPS) is 10.2. The van der Waals surface area contributed by atoms with E-state index in [0.717, 1.165) is 0 Å². The van der Waals surface area contributed by atoms with E-state index >= 15 is 0 Å². The Morgan fingerprint density at radius 1 is 1.25 bits per heavy atom. The van der Waals surface area contributed by atoms with E-state index in [4.69, 9.17) is 11.6 Å². The lowest BCUT2D eigenvalue weighted by Gasteiger charge is -2.09. The molecule has 2 N–H and O–H groups in total. The van der Waals surface area contributed by atoms with Crippen LogP contribution in [-0.2, 0) is 4.79 Å². The molecule has 0 saturated heterocycles. The highest BCUT2D eigenvalue weighted by Gasteiger charge is 2.06. The van der Waals surface area contributed by atoms with Crippen LogP contribution < -0.4 is 10.6 Å². The van der Waals surface area contributed by atoms with E-state index in [1.54, 1.807) is 36.4 Å². The van der Waals surface area contributed by atoms with Crippen molar-refractivity contribution in [1.82, 2.24) is 0 Å². The number of carbonyl (C=O) groups excluding carboxylic acids is 1. The number of rotatable bonds is 4. The minimum atomic E-state index is -0.351. The summed E-state index contributed by atoms with van der Waals surface area (Å²) >= 11 is 9.02. The van der Waals surface area contributed by atoms with Gasteiger partial charge in [-0.05, 0) is 46.3 Å². The quantitative estimate of drug-likeness (QED) is 0.857. The van der Waals surface area contributed by atoms with Crippen molar-refractivity contribution in [3.05, 3.63) is 57.8 Å². The van der Waals surface area contributed by atoms with Crippen LogP contribution in [0.25, 0.3) is 0 Å². The number of benzene rings is 2. The fourth-order valence-corrected chi connectivity index (χ4v) is 2.11. The van der Waals surface area contributed by atoms with Gasteiger partial charge in [-0.25, -0.2) is 4.39 Å². The third kappa shape index (κ3) is 3.95. The van der Waals surface area contributed by atoms with Crippen LogP contribution in [0.4, 0.5) is 15.8 Å². The molecule has 0 aliphatic heterocycles. The molecule has 20 heavy (non-hydrogen) atoms. The zero-order valence-electron chi connectivity index (χ0n) is 10.3. The fourth-order valence-electron chi connectivity index (χ4n) is 1.55. The van der Waals surface area contributed by atoms with Crippen molar-refractivity contribution < 1.29 is 9.18 Å². The molecule has 0 unspecified atom stereocenters. The van der Waals surface area contributed by atoms with Gasteiger partial charge in [0.2, 0.25) is 5.91 Å². The van der Waals surface area contributed by atoms with E-state index in [1.165, 1.54) is 6.07 Å². The highest BCUT2D eigenvalue weighted by Crippen LogP contribution is 2.21. The minimum absolute atomic E-state index is 0.0588. The largest absolute Gasteiger partial charge is 0.376 e. The summed E-state index contributed by atoms with van der Waals surface area (Å²) in [6.45, 7) is 0.0588. The van der Waals surface area contributed by atoms with Gasteiger partial charge in [0.25, 0.3) is 0 Å². The molecule has 1 amide bonds. The highest BCUT2D eigenvalue weighted by molar-refractivity contribution is 9.10. The molecule has 0 atom stereocenters. The second kappa shape index (κ2) is 6.72. The van der Waals surface area contributed by atoms with Gasteiger partial charge >= 0.3 is 0 Å². The van der Waals surface area contributed by atoms with E-state index in [-0.39, 0.29) is 18.3 Å². The van der Waals surface area contributed by atoms with Gasteiger partial charge in [0.1, 0.15) is 5.82 Å². The zero-order chi connectivity index (χ0) is 14.5. The van der Waals surface area contributed by atoms with Gasteiger partial charge in [0.05, 0.1) is 21.7 Å². The first-order valence-corrected chi connectivity index (χ1v) is 6.96. The SMILES string of the molecule is O=C(CNc1ccc(F)c(Br)c1)Nc1ccccc1Cl. The minimum Gasteiger partial charge on any atom is -0.376 e. The van der Waals surface area contributed by atoms with Crippen LogP contribution in [0.15, 0.2) is 46.9 Å². The Hall–Kier alpha value is -1.59. The molecule has 0 fully saturated rings. The van der Waals surface area contributed by atoms with Crippen molar-refractivity contribution >= 4 is 44.8 Å². The summed E-state index contributed by atoms with van der Waals surface area (Å²) in [7, 11) is 0. The van der Waals surface area contributed by atoms with Crippen molar-refractivity contribution in [2.75, 3.05) is 17.2 Å². The van der Waals surface area contributed by atoms with Crippen LogP contribution in [0.2, 0.25) is 5.02 Å². The number of amides is 1. The lowest BCUT2D eigenvalue weighted by Crippen LogP contribution is -2.21. The van der Waals surface area contributed by atoms with Gasteiger partial charge in [0, 0.05) is 5.69 Å². The maximum atomic E-state index is 13.1. The van der Waals surface area contributed by atoms with E-state index in [0.29, 0.717) is 20.9 Å². The van der Waals surface area contributed by atoms with Crippen LogP contribution in [0.5, 0.6) is 0 Å². The van der Waals surface area contributed by atoms with Crippen molar-refractivity contribution in [3.8, 4) is 0 Å². The highest BCUT2D eigenvalue weighted by atomic mass is 79.9. The van der Waals surface area contributed by atoms with Gasteiger partial charge in [0.15, 0.2) is 0 Å². The van der Waals surface area contributed by atoms with Gasteiger partial charge in [-0.1, -0.05) is 23.7 Å². The maximum absolute atomic E-state index is 13.1. The van der Waals surface area contributed by atoms with E-state index < -0.39 is 0 Å². The number of para-hydroxylation sites is 1. The Labute approximate surface area is 129 Å². The number of halogens is 3. The Morgan fingerprint density at radius 2 is 2.00 bits per heavy atom. The van der Waals surface area contributed by atoms with E-state index in [1.807, 2.05) is 0 Å². The van der Waals surface area contributed by atoms with Crippen LogP contribution in [-0.4, -0.2) is 12.5 Å². The summed E-state index contributed by atoms with van der Waals surface area (Å²) in [5.41, 5.74) is 1.20. The molecule has 0 radical (unpaired) electrons. The molecule has 0 aromatic heterocycles. The molecule has 0 saturated carbocycles. The van der Waals surface area contributed by atoms with Gasteiger partial charge in [-0.3, -0.25) is 4.79 Å². The van der Waals surface area contributed by atoms with Crippen molar-refractivity contribution in [2.24, 2.45) is 0 Å². The maximum Gasteiger partial charge on any atom is 0.243 e. The predicted molar refractivity (Wildman–Crippen MR) is 82.7 cm³/mol. The van der Waals surface area contributed by atoms with Gasteiger partial charge in [-0.2, -0.15) is 0 Å². The summed E-state index contributed by atoms with van der Waals surface area (Å²) in [5.74, 6) is -0.588. The number of carbonyl (C=O) groups is 1. The Morgan fingerprint density at radius 3 is 2.70 bits per heavy atom. The lowest BCUT2D eigenvalue weighted by atomic mass is 10.3. The standard InChI is InChI=1S/C14H11BrClFN2O/c15-10-7-9(5-6-12(10)17)18-8-14(20)19-13-4-2-1-3-11(13)16/h1-7,18H,8H2,(H,19,20). The zero-order valence-corrected chi connectivity index (χ0v) is 12.6. The lowest BCUT2D eigenvalue weighted by molar-refractivity contribution is -0.114. The molecule has 0 aliphatic rings. The topological polar surface area (TPSA) is 41.1 Å². The summed E-state index contributed by atoms with van der Waals surface area (Å²) in [6, 6.07) is 11.4. The third-order valence-electron chi connectivity index (χ3n) is 2.52. The van der Waals surface area contributed by atoms with Gasteiger partial charge in [-0.15, -0.1) is 0 Å². The first kappa shape index (κ1) is 14.8. The number of nitrogens with one attached hydrogen (secondary N) is 2. The van der Waals surface area contributed by atoms with Gasteiger partial charge < -0.3 is 10.6 Å². The van der Waals surface area contributed by atoms with E-state index in [2.05, 4.69) is 26.6 Å². The average molecular weight is 358 g/mol. The summed E-state index contributed by atoms with van der Waals surface area (Å²) < 4.78 is 13.4. The Kier molecular flexibility index (Phi) is 4.98. The molecule has 0 bridgehead atoms. The smallest absolute Gasteiger partial charge is 0.243 e. The van der Waals surface area contributed by atoms with Crippen molar-refractivity contribution in [3.63, 3.8) is 0 Å². The molecule has 2 aromatic carbocycles. The summed E-state index contributed by atoms with van der Waals surface area (Å²) in [6.07, 6.45) is 0. The Balaban J connectivity index is 1.92. The first-order valence-electron chi connectivity index (χ1n) is 5.79. The van der Waals surface area contributed by atoms with Crippen LogP contribution in [0, 0.1) is 5.82 Å². The molecule has 0 spiro atoms. The van der Waals surface area contributed by atoms with Crippen LogP contribution >= 0.6 is 27.5 Å². The first-order chi connectivity index (χ1) is 9.56. The number of hydrogen-bond acceptors (Lipinski definition) is 2. The number of anilines is 2. The number of hydrogen-bond donors (Lipinski definition) is 2. The molecule has 2 rings (SSSR count). The van der Waals surface area contributed by atoms with Crippen LogP contribution in [0.1, 0.15) is 0 Å². The molecule has 6 heteroatoms. The molecule has 2 aromatic rings. The Bertz CT molecular complexity index is 636. The second-order valence-electron chi connectivity index (χ2n) is 4.01. The molecule has 0 heterocycles. The van der Waals surface area contributed by atoms with E-state index in [9.17, 15) is 9.18 Å². The molecule has 3 nitrogen and oxygen atoms in total. The summed E-state index contributed by atoms with van der Waals surface area (Å²) in [5, 5.41) is 6.06. The molecular formula is C14H11BrClFN2O. The third-order valence-corrected chi connectivity index (χ3v) is 3.46. The molecule has 0 aliphatic carbocycles. The fraction of sp³-hybridized carbons (Fsp3) is 0.0714. The van der Waals surface area contributed by atoms with Crippen LogP contribution in [0.3, 0.4) is 0 Å². The molecule has 104 valence electrons. The predicted octanol–water partition coefficient (Wildman–Crippen LogP) is 4.29. The monoisotopic (exact) mass is 356 g/mol. The molecular weight excluding hydrogens is 347 g/mol. The summed E-state index contributed by atoms with van der Waals surface area (Å²) in [4.78, 5) is 11.8.